The third-order valence-corrected chi connectivity index (χ3v) is 1.85. The lowest BCUT2D eigenvalue weighted by atomic mass is 10.2. The van der Waals surface area contributed by atoms with Gasteiger partial charge in [-0.3, -0.25) is 0 Å². The van der Waals surface area contributed by atoms with Gasteiger partial charge in [0.15, 0.2) is 0 Å². The molecule has 0 radical (unpaired) electrons. The van der Waals surface area contributed by atoms with Gasteiger partial charge in [-0.2, -0.15) is 4.37 Å². The SMILES string of the molecule is Cc1cc(OCC(C)C)ns1. The summed E-state index contributed by atoms with van der Waals surface area (Å²) in [5, 5.41) is 0. The second-order valence-electron chi connectivity index (χ2n) is 2.98. The Balaban J connectivity index is 2.39. The van der Waals surface area contributed by atoms with Gasteiger partial charge in [0.05, 0.1) is 6.61 Å². The monoisotopic (exact) mass is 171 g/mol. The van der Waals surface area contributed by atoms with Crippen LogP contribution in [-0.4, -0.2) is 11.0 Å². The van der Waals surface area contributed by atoms with Crippen LogP contribution in [0.4, 0.5) is 0 Å². The molecule has 1 aromatic rings. The smallest absolute Gasteiger partial charge is 0.225 e. The molecule has 1 heterocycles. The molecule has 3 heteroatoms. The van der Waals surface area contributed by atoms with Crippen molar-refractivity contribution in [3.63, 3.8) is 0 Å². The Bertz CT molecular complexity index is 220. The van der Waals surface area contributed by atoms with E-state index >= 15 is 0 Å². The first-order valence-electron chi connectivity index (χ1n) is 3.74. The van der Waals surface area contributed by atoms with Gasteiger partial charge in [0.2, 0.25) is 5.88 Å². The molecular formula is C8H13NOS. The Morgan fingerprint density at radius 1 is 1.64 bits per heavy atom. The Hall–Kier alpha value is -0.570. The fourth-order valence-electron chi connectivity index (χ4n) is 0.664. The van der Waals surface area contributed by atoms with Crippen molar-refractivity contribution in [1.29, 1.82) is 0 Å². The van der Waals surface area contributed by atoms with Crippen LogP contribution in [0.15, 0.2) is 6.07 Å². The van der Waals surface area contributed by atoms with Crippen LogP contribution in [0.3, 0.4) is 0 Å². The summed E-state index contributed by atoms with van der Waals surface area (Å²) in [6.07, 6.45) is 0. The predicted molar refractivity (Wildman–Crippen MR) is 47.2 cm³/mol. The van der Waals surface area contributed by atoms with E-state index in [4.69, 9.17) is 4.74 Å². The van der Waals surface area contributed by atoms with Crippen molar-refractivity contribution in [3.8, 4) is 5.88 Å². The van der Waals surface area contributed by atoms with E-state index in [2.05, 4.69) is 18.2 Å². The second kappa shape index (κ2) is 3.72. The molecule has 0 aromatic carbocycles. The van der Waals surface area contributed by atoms with Gasteiger partial charge in [0.25, 0.3) is 0 Å². The maximum Gasteiger partial charge on any atom is 0.225 e. The first-order chi connectivity index (χ1) is 5.18. The summed E-state index contributed by atoms with van der Waals surface area (Å²) in [7, 11) is 0. The van der Waals surface area contributed by atoms with Crippen molar-refractivity contribution >= 4 is 11.5 Å². The predicted octanol–water partition coefficient (Wildman–Crippen LogP) is 2.49. The standard InChI is InChI=1S/C8H13NOS/c1-6(2)5-10-8-4-7(3)11-9-8/h4,6H,5H2,1-3H3. The lowest BCUT2D eigenvalue weighted by Crippen LogP contribution is -2.04. The lowest BCUT2D eigenvalue weighted by molar-refractivity contribution is 0.264. The molecule has 0 bridgehead atoms. The highest BCUT2D eigenvalue weighted by molar-refractivity contribution is 7.05. The minimum atomic E-state index is 0.567. The van der Waals surface area contributed by atoms with Crippen LogP contribution in [0.1, 0.15) is 18.7 Å². The van der Waals surface area contributed by atoms with Crippen LogP contribution in [0, 0.1) is 12.8 Å². The molecule has 0 saturated carbocycles. The summed E-state index contributed by atoms with van der Waals surface area (Å²) in [4.78, 5) is 1.20. The maximum absolute atomic E-state index is 5.39. The van der Waals surface area contributed by atoms with Gasteiger partial charge in [-0.25, -0.2) is 0 Å². The molecule has 0 atom stereocenters. The summed E-state index contributed by atoms with van der Waals surface area (Å²) in [6.45, 7) is 7.03. The molecule has 0 aliphatic rings. The Morgan fingerprint density at radius 2 is 2.36 bits per heavy atom. The molecule has 0 fully saturated rings. The van der Waals surface area contributed by atoms with E-state index in [0.29, 0.717) is 5.92 Å². The van der Waals surface area contributed by atoms with Crippen LogP contribution in [0.2, 0.25) is 0 Å². The van der Waals surface area contributed by atoms with Gasteiger partial charge in [0, 0.05) is 10.9 Å². The Morgan fingerprint density at radius 3 is 2.82 bits per heavy atom. The highest BCUT2D eigenvalue weighted by Crippen LogP contribution is 2.15. The summed E-state index contributed by atoms with van der Waals surface area (Å²) in [5.74, 6) is 1.33. The van der Waals surface area contributed by atoms with Crippen LogP contribution in [0.5, 0.6) is 5.88 Å². The van der Waals surface area contributed by atoms with Crippen molar-refractivity contribution < 1.29 is 4.74 Å². The quantitative estimate of drug-likeness (QED) is 0.697. The number of ether oxygens (including phenoxy) is 1. The topological polar surface area (TPSA) is 22.1 Å². The third-order valence-electron chi connectivity index (χ3n) is 1.17. The van der Waals surface area contributed by atoms with E-state index in [9.17, 15) is 0 Å². The molecular weight excluding hydrogens is 158 g/mol. The first-order valence-corrected chi connectivity index (χ1v) is 4.52. The molecule has 0 amide bonds. The second-order valence-corrected chi connectivity index (χ2v) is 3.99. The summed E-state index contributed by atoms with van der Waals surface area (Å²) in [6, 6.07) is 1.97. The van der Waals surface area contributed by atoms with E-state index in [1.165, 1.54) is 16.4 Å². The lowest BCUT2D eigenvalue weighted by Gasteiger charge is -2.03. The molecule has 0 spiro atoms. The van der Waals surface area contributed by atoms with E-state index in [1.807, 2.05) is 13.0 Å². The van der Waals surface area contributed by atoms with Gasteiger partial charge in [-0.05, 0) is 24.4 Å². The molecule has 0 aliphatic carbocycles. The van der Waals surface area contributed by atoms with E-state index in [1.54, 1.807) is 0 Å². The molecule has 0 aliphatic heterocycles. The average molecular weight is 171 g/mol. The average Bonchev–Trinajstić information content (AvgIpc) is 2.31. The molecule has 62 valence electrons. The van der Waals surface area contributed by atoms with Gasteiger partial charge < -0.3 is 4.74 Å². The number of hydrogen-bond acceptors (Lipinski definition) is 3. The van der Waals surface area contributed by atoms with Crippen LogP contribution in [-0.2, 0) is 0 Å². The summed E-state index contributed by atoms with van der Waals surface area (Å²) < 4.78 is 9.49. The maximum atomic E-state index is 5.39. The zero-order valence-corrected chi connectivity index (χ0v) is 7.94. The molecule has 0 N–H and O–H groups in total. The fraction of sp³-hybridized carbons (Fsp3) is 0.625. The molecule has 0 unspecified atom stereocenters. The molecule has 0 saturated heterocycles. The zero-order valence-electron chi connectivity index (χ0n) is 7.13. The summed E-state index contributed by atoms with van der Waals surface area (Å²) in [5.41, 5.74) is 0. The van der Waals surface area contributed by atoms with Gasteiger partial charge in [-0.15, -0.1) is 0 Å². The van der Waals surface area contributed by atoms with Gasteiger partial charge >= 0.3 is 0 Å². The van der Waals surface area contributed by atoms with Gasteiger partial charge in [-0.1, -0.05) is 13.8 Å². The Labute approximate surface area is 71.4 Å². The zero-order chi connectivity index (χ0) is 8.27. The van der Waals surface area contributed by atoms with Crippen LogP contribution in [0.25, 0.3) is 0 Å². The van der Waals surface area contributed by atoms with Gasteiger partial charge in [0.1, 0.15) is 0 Å². The van der Waals surface area contributed by atoms with Crippen LogP contribution >= 0.6 is 11.5 Å². The van der Waals surface area contributed by atoms with Crippen molar-refractivity contribution in [3.05, 3.63) is 10.9 Å². The minimum absolute atomic E-state index is 0.567. The van der Waals surface area contributed by atoms with E-state index < -0.39 is 0 Å². The fourth-order valence-corrected chi connectivity index (χ4v) is 1.16. The van der Waals surface area contributed by atoms with E-state index in [-0.39, 0.29) is 0 Å². The minimum Gasteiger partial charge on any atom is -0.477 e. The largest absolute Gasteiger partial charge is 0.477 e. The molecule has 1 rings (SSSR count). The number of aryl methyl sites for hydroxylation is 1. The number of hydrogen-bond donors (Lipinski definition) is 0. The Kier molecular flexibility index (Phi) is 2.88. The van der Waals surface area contributed by atoms with Crippen LogP contribution < -0.4 is 4.74 Å². The molecule has 11 heavy (non-hydrogen) atoms. The van der Waals surface area contributed by atoms with Crippen molar-refractivity contribution in [2.45, 2.75) is 20.8 Å². The van der Waals surface area contributed by atoms with Crippen molar-refractivity contribution in [1.82, 2.24) is 4.37 Å². The summed E-state index contributed by atoms with van der Waals surface area (Å²) >= 11 is 1.48. The molecule has 1 aromatic heterocycles. The first kappa shape index (κ1) is 8.53. The highest BCUT2D eigenvalue weighted by Gasteiger charge is 1.99. The van der Waals surface area contributed by atoms with Crippen molar-refractivity contribution in [2.75, 3.05) is 6.61 Å². The highest BCUT2D eigenvalue weighted by atomic mass is 32.1. The third kappa shape index (κ3) is 2.89. The van der Waals surface area contributed by atoms with E-state index in [0.717, 1.165) is 12.5 Å². The normalized spacial score (nSPS) is 10.5. The number of rotatable bonds is 3. The molecule has 2 nitrogen and oxygen atoms in total. The number of aromatic nitrogens is 1. The van der Waals surface area contributed by atoms with Crippen molar-refractivity contribution in [2.24, 2.45) is 5.92 Å². The number of nitrogens with zero attached hydrogens (tertiary/aromatic N) is 1.